The van der Waals surface area contributed by atoms with Crippen LogP contribution in [-0.2, 0) is 16.0 Å². The number of methoxy groups -OCH3 is 1. The molecule has 0 amide bonds. The van der Waals surface area contributed by atoms with Gasteiger partial charge >= 0.3 is 0 Å². The lowest BCUT2D eigenvalue weighted by Gasteiger charge is -2.50. The Kier molecular flexibility index (Phi) is 3.74. The smallest absolute Gasteiger partial charge is 0.293 e. The van der Waals surface area contributed by atoms with Gasteiger partial charge in [0.2, 0.25) is 0 Å². The predicted octanol–water partition coefficient (Wildman–Crippen LogP) is 3.80. The summed E-state index contributed by atoms with van der Waals surface area (Å²) in [5.74, 6) is 2.58. The van der Waals surface area contributed by atoms with E-state index in [0.717, 1.165) is 32.1 Å². The molecule has 5 atom stereocenters. The second kappa shape index (κ2) is 5.68. The second-order valence-electron chi connectivity index (χ2n) is 7.98. The normalized spacial score (nSPS) is 37.1. The Morgan fingerprint density at radius 3 is 2.83 bits per heavy atom. The summed E-state index contributed by atoms with van der Waals surface area (Å²) >= 11 is 0. The fourth-order valence-electron chi connectivity index (χ4n) is 5.99. The highest BCUT2D eigenvalue weighted by atomic mass is 16.5. The fraction of sp³-hybridized carbons (Fsp3) is 0.650. The summed E-state index contributed by atoms with van der Waals surface area (Å²) in [4.78, 5) is 10.9. The van der Waals surface area contributed by atoms with Crippen molar-refractivity contribution in [1.29, 1.82) is 0 Å². The quantitative estimate of drug-likeness (QED) is 0.857. The number of phenols is 1. The molecule has 4 nitrogen and oxygen atoms in total. The third kappa shape index (κ3) is 2.15. The molecule has 4 rings (SSSR count). The monoisotopic (exact) mass is 330 g/mol. The third-order valence-corrected chi connectivity index (χ3v) is 7.16. The first-order chi connectivity index (χ1) is 11.6. The van der Waals surface area contributed by atoms with Gasteiger partial charge in [-0.3, -0.25) is 4.79 Å². The van der Waals surface area contributed by atoms with Gasteiger partial charge in [-0.25, -0.2) is 0 Å². The van der Waals surface area contributed by atoms with Gasteiger partial charge in [0.05, 0.1) is 7.11 Å². The molecule has 0 aromatic heterocycles. The van der Waals surface area contributed by atoms with Gasteiger partial charge < -0.3 is 14.6 Å². The molecule has 3 aliphatic carbocycles. The van der Waals surface area contributed by atoms with Crippen molar-refractivity contribution in [3.05, 3.63) is 23.3 Å². The minimum absolute atomic E-state index is 0.0756. The summed E-state index contributed by atoms with van der Waals surface area (Å²) in [6, 6.07) is 3.95. The van der Waals surface area contributed by atoms with E-state index in [1.165, 1.54) is 17.5 Å². The fourth-order valence-corrected chi connectivity index (χ4v) is 5.99. The van der Waals surface area contributed by atoms with Crippen molar-refractivity contribution in [2.75, 3.05) is 7.11 Å². The van der Waals surface area contributed by atoms with E-state index < -0.39 is 0 Å². The molecule has 1 aromatic carbocycles. The largest absolute Gasteiger partial charge is 0.504 e. The molecular formula is C20H26O4. The first kappa shape index (κ1) is 15.8. The number of hydrogen-bond donors (Lipinski definition) is 1. The van der Waals surface area contributed by atoms with Crippen molar-refractivity contribution in [2.45, 2.75) is 57.5 Å². The summed E-state index contributed by atoms with van der Waals surface area (Å²) in [5.41, 5.74) is 2.76. The predicted molar refractivity (Wildman–Crippen MR) is 90.2 cm³/mol. The maximum absolute atomic E-state index is 10.9. The number of ether oxygens (including phenoxy) is 2. The number of carbonyl (C=O) groups is 1. The van der Waals surface area contributed by atoms with Crippen LogP contribution in [0.25, 0.3) is 0 Å². The summed E-state index contributed by atoms with van der Waals surface area (Å²) in [5, 5.41) is 10.2. The Morgan fingerprint density at radius 2 is 2.08 bits per heavy atom. The number of aryl methyl sites for hydroxylation is 1. The van der Waals surface area contributed by atoms with Gasteiger partial charge in [0.15, 0.2) is 11.5 Å². The second-order valence-corrected chi connectivity index (χ2v) is 7.98. The molecule has 24 heavy (non-hydrogen) atoms. The van der Waals surface area contributed by atoms with Crippen LogP contribution < -0.4 is 4.74 Å². The maximum atomic E-state index is 10.9. The highest BCUT2D eigenvalue weighted by Crippen LogP contribution is 2.61. The molecule has 0 aliphatic heterocycles. The number of fused-ring (bicyclic) bond motifs is 5. The highest BCUT2D eigenvalue weighted by molar-refractivity contribution is 5.49. The number of carbonyl (C=O) groups excluding carboxylic acids is 1. The van der Waals surface area contributed by atoms with Gasteiger partial charge in [-0.1, -0.05) is 6.92 Å². The Morgan fingerprint density at radius 1 is 1.25 bits per heavy atom. The van der Waals surface area contributed by atoms with Gasteiger partial charge in [0.25, 0.3) is 6.47 Å². The standard InChI is InChI=1S/C20H26O4/c1-20-8-7-13-14(16(20)5-6-19(20)24-11-21)4-3-12-9-18(23-2)17(22)10-15(12)13/h9-11,13-14,16,19,22H,3-8H2,1-2H3/t13-,14+,16-,19-,20-/m0/s1. The summed E-state index contributed by atoms with van der Waals surface area (Å²) in [6.45, 7) is 2.95. The molecule has 0 spiro atoms. The van der Waals surface area contributed by atoms with E-state index in [9.17, 15) is 9.90 Å². The first-order valence-electron chi connectivity index (χ1n) is 9.07. The number of rotatable bonds is 3. The lowest BCUT2D eigenvalue weighted by molar-refractivity contribution is -0.141. The van der Waals surface area contributed by atoms with Gasteiger partial charge in [-0.15, -0.1) is 0 Å². The molecule has 4 heteroatoms. The van der Waals surface area contributed by atoms with Gasteiger partial charge in [0.1, 0.15) is 6.10 Å². The van der Waals surface area contributed by atoms with E-state index in [4.69, 9.17) is 9.47 Å². The zero-order valence-electron chi connectivity index (χ0n) is 14.5. The lowest BCUT2D eigenvalue weighted by Crippen LogP contribution is -2.44. The molecule has 0 heterocycles. The molecule has 2 fully saturated rings. The van der Waals surface area contributed by atoms with Crippen molar-refractivity contribution >= 4 is 6.47 Å². The number of aromatic hydroxyl groups is 1. The van der Waals surface area contributed by atoms with Gasteiger partial charge in [-0.05, 0) is 79.5 Å². The van der Waals surface area contributed by atoms with E-state index in [1.54, 1.807) is 7.11 Å². The Hall–Kier alpha value is -1.71. The van der Waals surface area contributed by atoms with E-state index >= 15 is 0 Å². The van der Waals surface area contributed by atoms with Crippen molar-refractivity contribution in [2.24, 2.45) is 17.3 Å². The van der Waals surface area contributed by atoms with E-state index in [2.05, 4.69) is 6.92 Å². The van der Waals surface area contributed by atoms with Crippen LogP contribution in [0.15, 0.2) is 12.1 Å². The minimum atomic E-state index is 0.0756. The van der Waals surface area contributed by atoms with E-state index in [0.29, 0.717) is 30.0 Å². The first-order valence-corrected chi connectivity index (χ1v) is 9.07. The van der Waals surface area contributed by atoms with E-state index in [1.807, 2.05) is 12.1 Å². The molecule has 0 bridgehead atoms. The summed E-state index contributed by atoms with van der Waals surface area (Å²) in [7, 11) is 1.60. The SMILES string of the molecule is COc1cc2c(cc1O)[C@H]1CC[C@]3(C)[C@@H](OC=O)CC[C@H]3[C@@H]1CC2. The number of hydrogen-bond acceptors (Lipinski definition) is 4. The van der Waals surface area contributed by atoms with Crippen LogP contribution in [0.1, 0.15) is 56.1 Å². The zero-order valence-corrected chi connectivity index (χ0v) is 14.5. The average molecular weight is 330 g/mol. The number of phenolic OH excluding ortho intramolecular Hbond substituents is 1. The molecule has 1 N–H and O–H groups in total. The van der Waals surface area contributed by atoms with E-state index in [-0.39, 0.29) is 17.3 Å². The molecular weight excluding hydrogens is 304 g/mol. The molecule has 0 unspecified atom stereocenters. The number of benzene rings is 1. The topological polar surface area (TPSA) is 55.8 Å². The highest BCUT2D eigenvalue weighted by Gasteiger charge is 2.55. The van der Waals surface area contributed by atoms with Crippen molar-refractivity contribution in [3.63, 3.8) is 0 Å². The van der Waals surface area contributed by atoms with Crippen LogP contribution >= 0.6 is 0 Å². The van der Waals surface area contributed by atoms with Crippen LogP contribution in [0.4, 0.5) is 0 Å². The van der Waals surface area contributed by atoms with Crippen molar-refractivity contribution < 1.29 is 19.4 Å². The molecule has 0 saturated heterocycles. The van der Waals surface area contributed by atoms with Crippen molar-refractivity contribution in [1.82, 2.24) is 0 Å². The van der Waals surface area contributed by atoms with Crippen LogP contribution in [-0.4, -0.2) is 24.8 Å². The van der Waals surface area contributed by atoms with Crippen LogP contribution in [0, 0.1) is 17.3 Å². The molecule has 1 aromatic rings. The third-order valence-electron chi connectivity index (χ3n) is 7.16. The molecule has 2 saturated carbocycles. The molecule has 3 aliphatic rings. The Balaban J connectivity index is 1.66. The van der Waals surface area contributed by atoms with Crippen LogP contribution in [0.5, 0.6) is 11.5 Å². The Bertz CT molecular complexity index is 655. The molecule has 130 valence electrons. The van der Waals surface area contributed by atoms with Crippen LogP contribution in [0.3, 0.4) is 0 Å². The van der Waals surface area contributed by atoms with Gasteiger partial charge in [-0.2, -0.15) is 0 Å². The maximum Gasteiger partial charge on any atom is 0.293 e. The zero-order chi connectivity index (χ0) is 16.9. The minimum Gasteiger partial charge on any atom is -0.504 e. The summed E-state index contributed by atoms with van der Waals surface area (Å²) < 4.78 is 10.7. The lowest BCUT2D eigenvalue weighted by atomic mass is 9.55. The average Bonchev–Trinajstić information content (AvgIpc) is 2.91. The Labute approximate surface area is 143 Å². The molecule has 0 radical (unpaired) electrons. The van der Waals surface area contributed by atoms with Crippen LogP contribution in [0.2, 0.25) is 0 Å². The van der Waals surface area contributed by atoms with Gasteiger partial charge in [0, 0.05) is 5.41 Å². The summed E-state index contributed by atoms with van der Waals surface area (Å²) in [6.07, 6.45) is 6.63. The van der Waals surface area contributed by atoms with Crippen molar-refractivity contribution in [3.8, 4) is 11.5 Å².